The van der Waals surface area contributed by atoms with Gasteiger partial charge in [-0.25, -0.2) is 4.79 Å². The Labute approximate surface area is 137 Å². The fourth-order valence-electron chi connectivity index (χ4n) is 3.46. The summed E-state index contributed by atoms with van der Waals surface area (Å²) in [5, 5.41) is 13.3. The monoisotopic (exact) mass is 321 g/mol. The average molecular weight is 321 g/mol. The lowest BCUT2D eigenvalue weighted by molar-refractivity contribution is 0.0686. The van der Waals surface area contributed by atoms with Gasteiger partial charge in [-0.3, -0.25) is 4.90 Å². The molecule has 0 unspecified atom stereocenters. The molecule has 2 heterocycles. The van der Waals surface area contributed by atoms with Gasteiger partial charge in [0.15, 0.2) is 0 Å². The van der Waals surface area contributed by atoms with E-state index in [9.17, 15) is 9.90 Å². The Bertz CT molecular complexity index is 477. The smallest absolute Gasteiger partial charge is 0.317 e. The van der Waals surface area contributed by atoms with Gasteiger partial charge in [0.1, 0.15) is 11.9 Å². The van der Waals surface area contributed by atoms with Crippen molar-refractivity contribution >= 4 is 6.03 Å². The highest BCUT2D eigenvalue weighted by Crippen LogP contribution is 2.18. The molecule has 0 radical (unpaired) electrons. The van der Waals surface area contributed by atoms with Crippen molar-refractivity contribution in [3.63, 3.8) is 0 Å². The van der Waals surface area contributed by atoms with Crippen LogP contribution in [-0.2, 0) is 0 Å². The third kappa shape index (κ3) is 4.48. The van der Waals surface area contributed by atoms with Crippen molar-refractivity contribution in [1.29, 1.82) is 0 Å². The Morgan fingerprint density at radius 3 is 2.65 bits per heavy atom. The number of carbonyl (C=O) groups excluding carboxylic acids is 1. The number of aliphatic hydroxyl groups is 1. The molecular weight excluding hydrogens is 294 g/mol. The van der Waals surface area contributed by atoms with E-state index in [0.717, 1.165) is 25.9 Å². The van der Waals surface area contributed by atoms with Crippen molar-refractivity contribution in [1.82, 2.24) is 15.1 Å². The van der Waals surface area contributed by atoms with E-state index in [-0.39, 0.29) is 6.03 Å². The average Bonchev–Trinajstić information content (AvgIpc) is 3.11. The van der Waals surface area contributed by atoms with E-state index in [1.165, 1.54) is 19.3 Å². The minimum Gasteiger partial charge on any atom is -0.467 e. The first-order valence-electron chi connectivity index (χ1n) is 8.71. The Hall–Kier alpha value is -1.53. The van der Waals surface area contributed by atoms with Gasteiger partial charge in [0.05, 0.1) is 6.26 Å². The van der Waals surface area contributed by atoms with E-state index >= 15 is 0 Å². The summed E-state index contributed by atoms with van der Waals surface area (Å²) in [5.41, 5.74) is 0. The molecular formula is C17H27N3O3. The number of piperazine rings is 1. The summed E-state index contributed by atoms with van der Waals surface area (Å²) in [4.78, 5) is 16.4. The number of β-amino-alcohol motifs (C(OH)–C–C–N with tert-alkyl or cyclic N) is 1. The van der Waals surface area contributed by atoms with Crippen molar-refractivity contribution in [3.8, 4) is 0 Å². The molecule has 1 aliphatic carbocycles. The second kappa shape index (κ2) is 7.84. The van der Waals surface area contributed by atoms with Crippen LogP contribution in [-0.4, -0.2) is 59.7 Å². The number of furan rings is 1. The van der Waals surface area contributed by atoms with Gasteiger partial charge in [0, 0.05) is 38.8 Å². The number of carbonyl (C=O) groups is 1. The van der Waals surface area contributed by atoms with E-state index in [0.29, 0.717) is 31.4 Å². The molecule has 1 aromatic rings. The maximum Gasteiger partial charge on any atom is 0.317 e. The second-order valence-electron chi connectivity index (χ2n) is 6.60. The van der Waals surface area contributed by atoms with E-state index in [1.807, 2.05) is 4.90 Å². The fourth-order valence-corrected chi connectivity index (χ4v) is 3.46. The van der Waals surface area contributed by atoms with Crippen LogP contribution < -0.4 is 5.32 Å². The van der Waals surface area contributed by atoms with Crippen LogP contribution in [0.4, 0.5) is 4.79 Å². The third-order valence-electron chi connectivity index (χ3n) is 4.90. The molecule has 1 aliphatic heterocycles. The SMILES string of the molecule is O=C(NC1CCCCC1)N1CCN(C[C@@H](O)c2ccco2)CC1. The summed E-state index contributed by atoms with van der Waals surface area (Å²) in [7, 11) is 0. The van der Waals surface area contributed by atoms with E-state index < -0.39 is 6.10 Å². The van der Waals surface area contributed by atoms with Gasteiger partial charge in [0.25, 0.3) is 0 Å². The lowest BCUT2D eigenvalue weighted by Crippen LogP contribution is -2.54. The highest BCUT2D eigenvalue weighted by molar-refractivity contribution is 5.74. The zero-order valence-electron chi connectivity index (χ0n) is 13.6. The van der Waals surface area contributed by atoms with E-state index in [2.05, 4.69) is 10.2 Å². The van der Waals surface area contributed by atoms with Gasteiger partial charge >= 0.3 is 6.03 Å². The van der Waals surface area contributed by atoms with Gasteiger partial charge < -0.3 is 19.7 Å². The molecule has 6 nitrogen and oxygen atoms in total. The van der Waals surface area contributed by atoms with Gasteiger partial charge in [-0.05, 0) is 25.0 Å². The summed E-state index contributed by atoms with van der Waals surface area (Å²) in [6, 6.07) is 4.00. The van der Waals surface area contributed by atoms with Crippen molar-refractivity contribution in [2.75, 3.05) is 32.7 Å². The van der Waals surface area contributed by atoms with Crippen LogP contribution in [0.3, 0.4) is 0 Å². The molecule has 2 fully saturated rings. The lowest BCUT2D eigenvalue weighted by Gasteiger charge is -2.36. The Kier molecular flexibility index (Phi) is 5.56. The number of amides is 2. The summed E-state index contributed by atoms with van der Waals surface area (Å²) in [6.07, 6.45) is 6.94. The molecule has 2 aliphatic rings. The first-order chi connectivity index (χ1) is 11.2. The van der Waals surface area contributed by atoms with E-state index in [1.54, 1.807) is 18.4 Å². The van der Waals surface area contributed by atoms with Crippen LogP contribution in [0.2, 0.25) is 0 Å². The number of nitrogens with one attached hydrogen (secondary N) is 1. The van der Waals surface area contributed by atoms with Crippen molar-refractivity contribution in [3.05, 3.63) is 24.2 Å². The number of hydrogen-bond acceptors (Lipinski definition) is 4. The summed E-state index contributed by atoms with van der Waals surface area (Å²) in [6.45, 7) is 3.55. The molecule has 1 atom stereocenters. The molecule has 6 heteroatoms. The number of urea groups is 1. The maximum absolute atomic E-state index is 12.3. The van der Waals surface area contributed by atoms with Crippen molar-refractivity contribution < 1.29 is 14.3 Å². The highest BCUT2D eigenvalue weighted by Gasteiger charge is 2.25. The van der Waals surface area contributed by atoms with Crippen LogP contribution in [0.15, 0.2) is 22.8 Å². The molecule has 2 amide bonds. The molecule has 1 saturated carbocycles. The maximum atomic E-state index is 12.3. The predicted molar refractivity (Wildman–Crippen MR) is 87.1 cm³/mol. The predicted octanol–water partition coefficient (Wildman–Crippen LogP) is 1.97. The van der Waals surface area contributed by atoms with Crippen LogP contribution in [0.5, 0.6) is 0 Å². The third-order valence-corrected chi connectivity index (χ3v) is 4.90. The van der Waals surface area contributed by atoms with Crippen molar-refractivity contribution in [2.45, 2.75) is 44.2 Å². The quantitative estimate of drug-likeness (QED) is 0.890. The van der Waals surface area contributed by atoms with E-state index in [4.69, 9.17) is 4.42 Å². The lowest BCUT2D eigenvalue weighted by atomic mass is 9.96. The number of aliphatic hydroxyl groups excluding tert-OH is 1. The Morgan fingerprint density at radius 1 is 1.26 bits per heavy atom. The largest absolute Gasteiger partial charge is 0.467 e. The Morgan fingerprint density at radius 2 is 2.00 bits per heavy atom. The molecule has 0 aromatic carbocycles. The molecule has 3 rings (SSSR count). The van der Waals surface area contributed by atoms with Gasteiger partial charge in [-0.2, -0.15) is 0 Å². The van der Waals surface area contributed by atoms with Gasteiger partial charge in [-0.15, -0.1) is 0 Å². The number of rotatable bonds is 4. The molecule has 1 saturated heterocycles. The van der Waals surface area contributed by atoms with Crippen molar-refractivity contribution in [2.24, 2.45) is 0 Å². The Balaban J connectivity index is 1.40. The molecule has 23 heavy (non-hydrogen) atoms. The van der Waals surface area contributed by atoms with Crippen LogP contribution in [0.25, 0.3) is 0 Å². The highest BCUT2D eigenvalue weighted by atomic mass is 16.4. The van der Waals surface area contributed by atoms with Crippen LogP contribution in [0, 0.1) is 0 Å². The van der Waals surface area contributed by atoms with Gasteiger partial charge in [0.2, 0.25) is 0 Å². The second-order valence-corrected chi connectivity index (χ2v) is 6.60. The summed E-state index contributed by atoms with van der Waals surface area (Å²) >= 11 is 0. The molecule has 0 spiro atoms. The summed E-state index contributed by atoms with van der Waals surface area (Å²) < 4.78 is 5.23. The van der Waals surface area contributed by atoms with Crippen LogP contribution in [0.1, 0.15) is 44.0 Å². The first-order valence-corrected chi connectivity index (χ1v) is 8.71. The normalized spacial score (nSPS) is 22.0. The standard InChI is InChI=1S/C17H27N3O3/c21-15(16-7-4-12-23-16)13-19-8-10-20(11-9-19)17(22)18-14-5-2-1-3-6-14/h4,7,12,14-15,21H,1-3,5-6,8-11,13H2,(H,18,22)/t15-/m1/s1. The molecule has 0 bridgehead atoms. The minimum absolute atomic E-state index is 0.0723. The van der Waals surface area contributed by atoms with Crippen LogP contribution >= 0.6 is 0 Å². The zero-order valence-corrected chi connectivity index (χ0v) is 13.6. The number of hydrogen-bond donors (Lipinski definition) is 2. The zero-order chi connectivity index (χ0) is 16.1. The fraction of sp³-hybridized carbons (Fsp3) is 0.706. The first kappa shape index (κ1) is 16.3. The summed E-state index contributed by atoms with van der Waals surface area (Å²) in [5.74, 6) is 0.600. The minimum atomic E-state index is -0.604. The topological polar surface area (TPSA) is 69.0 Å². The molecule has 2 N–H and O–H groups in total. The molecule has 1 aromatic heterocycles. The number of nitrogens with zero attached hydrogens (tertiary/aromatic N) is 2. The molecule has 128 valence electrons. The van der Waals surface area contributed by atoms with Gasteiger partial charge in [-0.1, -0.05) is 19.3 Å².